The smallest absolute Gasteiger partial charge is 0.348 e. The number of rotatable bonds is 4. The number of aliphatic hydroxyl groups excluding tert-OH is 3. The first-order valence-corrected chi connectivity index (χ1v) is 13.3. The predicted molar refractivity (Wildman–Crippen MR) is 132 cm³/mol. The molecule has 11 heteroatoms. The molecule has 39 heavy (non-hydrogen) atoms. The Balaban J connectivity index is 1.71. The van der Waals surface area contributed by atoms with Gasteiger partial charge < -0.3 is 34.3 Å². The van der Waals surface area contributed by atoms with Crippen molar-refractivity contribution in [3.8, 4) is 0 Å². The molecular formula is C28H36O11. The summed E-state index contributed by atoms with van der Waals surface area (Å²) in [7, 11) is 1.10. The van der Waals surface area contributed by atoms with Crippen LogP contribution in [0.2, 0.25) is 0 Å². The molecule has 10 atom stereocenters. The molecule has 3 N–H and O–H groups in total. The maximum Gasteiger partial charge on any atom is 0.348 e. The summed E-state index contributed by atoms with van der Waals surface area (Å²) in [5, 5.41) is 33.7. The Hall–Kier alpha value is -2.76. The van der Waals surface area contributed by atoms with Crippen molar-refractivity contribution in [2.45, 2.75) is 77.5 Å². The summed E-state index contributed by atoms with van der Waals surface area (Å²) >= 11 is 0. The number of hydrogen-bond donors (Lipinski definition) is 3. The first-order valence-electron chi connectivity index (χ1n) is 13.3. The van der Waals surface area contributed by atoms with Crippen LogP contribution < -0.4 is 0 Å². The molecule has 0 amide bonds. The molecule has 11 nitrogen and oxygen atoms in total. The van der Waals surface area contributed by atoms with Crippen LogP contribution in [0.3, 0.4) is 0 Å². The molecule has 4 fully saturated rings. The van der Waals surface area contributed by atoms with E-state index in [9.17, 15) is 34.5 Å². The second-order valence-corrected chi connectivity index (χ2v) is 12.3. The van der Waals surface area contributed by atoms with Crippen LogP contribution in [0.25, 0.3) is 0 Å². The molecule has 2 saturated heterocycles. The largest absolute Gasteiger partial charge is 0.504 e. The summed E-state index contributed by atoms with van der Waals surface area (Å²) in [4.78, 5) is 52.8. The van der Waals surface area contributed by atoms with Gasteiger partial charge in [0.1, 0.15) is 12.2 Å². The Morgan fingerprint density at radius 2 is 1.85 bits per heavy atom. The van der Waals surface area contributed by atoms with Gasteiger partial charge in [-0.1, -0.05) is 26.3 Å². The molecule has 2 heterocycles. The molecule has 2 bridgehead atoms. The second kappa shape index (κ2) is 8.87. The SMILES string of the molecule is COC(=O)[C@@]12OC[C@@]34[C@H](C[C@@H]5C(C)=C(O)C(=O)C[C@]5(C)[C@@H]3[C@@H](O)[C@H]1O)OC(=O)[C@@H](OC(=O)/C=C(\C)C(C)C)[C@@H]24. The molecule has 0 radical (unpaired) electrons. The molecule has 214 valence electrons. The molecule has 5 rings (SSSR count). The van der Waals surface area contributed by atoms with E-state index in [1.54, 1.807) is 20.8 Å². The second-order valence-electron chi connectivity index (χ2n) is 12.3. The van der Waals surface area contributed by atoms with E-state index in [-0.39, 0.29) is 31.1 Å². The van der Waals surface area contributed by atoms with Crippen LogP contribution in [-0.4, -0.2) is 82.7 Å². The molecule has 0 aromatic rings. The lowest BCUT2D eigenvalue weighted by molar-refractivity contribution is -0.290. The van der Waals surface area contributed by atoms with Gasteiger partial charge in [0.15, 0.2) is 11.5 Å². The van der Waals surface area contributed by atoms with Crippen LogP contribution >= 0.6 is 0 Å². The molecule has 2 saturated carbocycles. The van der Waals surface area contributed by atoms with Crippen molar-refractivity contribution in [1.29, 1.82) is 0 Å². The molecule has 1 spiro atoms. The van der Waals surface area contributed by atoms with Gasteiger partial charge in [-0.15, -0.1) is 0 Å². The number of carbonyl (C=O) groups is 4. The minimum Gasteiger partial charge on any atom is -0.504 e. The third-order valence-corrected chi connectivity index (χ3v) is 10.3. The van der Waals surface area contributed by atoms with E-state index >= 15 is 0 Å². The Morgan fingerprint density at radius 3 is 2.46 bits per heavy atom. The number of aliphatic hydroxyl groups is 3. The molecule has 0 aromatic carbocycles. The van der Waals surface area contributed by atoms with Crippen molar-refractivity contribution in [3.05, 3.63) is 23.0 Å². The number of Topliss-reactive ketones (excluding diaryl/α,β-unsaturated/α-hetero) is 1. The van der Waals surface area contributed by atoms with Crippen molar-refractivity contribution >= 4 is 23.7 Å². The number of esters is 3. The van der Waals surface area contributed by atoms with E-state index in [0.29, 0.717) is 11.1 Å². The van der Waals surface area contributed by atoms with Gasteiger partial charge in [0.25, 0.3) is 0 Å². The van der Waals surface area contributed by atoms with Crippen molar-refractivity contribution in [2.24, 2.45) is 34.5 Å². The molecule has 2 aliphatic heterocycles. The summed E-state index contributed by atoms with van der Waals surface area (Å²) in [6.07, 6.45) is -4.75. The van der Waals surface area contributed by atoms with E-state index < -0.39 is 82.3 Å². The number of hydrogen-bond acceptors (Lipinski definition) is 11. The fraction of sp³-hybridized carbons (Fsp3) is 0.714. The van der Waals surface area contributed by atoms with Crippen LogP contribution in [0.4, 0.5) is 0 Å². The number of fused-ring (bicyclic) bond motifs is 2. The zero-order valence-corrected chi connectivity index (χ0v) is 22.9. The lowest BCUT2D eigenvalue weighted by atomic mass is 9.38. The van der Waals surface area contributed by atoms with Crippen molar-refractivity contribution in [2.75, 3.05) is 13.7 Å². The average Bonchev–Trinajstić information content (AvgIpc) is 3.18. The van der Waals surface area contributed by atoms with Crippen LogP contribution in [0.15, 0.2) is 23.0 Å². The predicted octanol–water partition coefficient (Wildman–Crippen LogP) is 1.15. The zero-order valence-electron chi connectivity index (χ0n) is 22.9. The fourth-order valence-electron chi connectivity index (χ4n) is 8.37. The number of methoxy groups -OCH3 is 1. The van der Waals surface area contributed by atoms with Gasteiger partial charge in [-0.3, -0.25) is 4.79 Å². The van der Waals surface area contributed by atoms with E-state index in [1.807, 2.05) is 13.8 Å². The quantitative estimate of drug-likeness (QED) is 0.262. The third-order valence-electron chi connectivity index (χ3n) is 10.3. The van der Waals surface area contributed by atoms with Gasteiger partial charge in [-0.05, 0) is 43.1 Å². The highest BCUT2D eigenvalue weighted by Crippen LogP contribution is 2.72. The number of allylic oxidation sites excluding steroid dienone is 3. The maximum absolute atomic E-state index is 13.5. The summed E-state index contributed by atoms with van der Waals surface area (Å²) in [6, 6.07) is 0. The average molecular weight is 549 g/mol. The van der Waals surface area contributed by atoms with Gasteiger partial charge in [-0.25, -0.2) is 14.4 Å². The van der Waals surface area contributed by atoms with Gasteiger partial charge in [0.2, 0.25) is 11.7 Å². The highest BCUT2D eigenvalue weighted by molar-refractivity contribution is 5.95. The first-order chi connectivity index (χ1) is 18.2. The molecule has 5 aliphatic rings. The van der Waals surface area contributed by atoms with Gasteiger partial charge >= 0.3 is 17.9 Å². The van der Waals surface area contributed by atoms with Crippen LogP contribution in [0.1, 0.15) is 47.5 Å². The molecule has 0 unspecified atom stereocenters. The van der Waals surface area contributed by atoms with Crippen LogP contribution in [0, 0.1) is 34.5 Å². The van der Waals surface area contributed by atoms with E-state index in [1.165, 1.54) is 6.08 Å². The fourth-order valence-corrected chi connectivity index (χ4v) is 8.37. The lowest BCUT2D eigenvalue weighted by Gasteiger charge is -2.67. The van der Waals surface area contributed by atoms with Gasteiger partial charge in [-0.2, -0.15) is 0 Å². The highest BCUT2D eigenvalue weighted by Gasteiger charge is 2.85. The molecular weight excluding hydrogens is 512 g/mol. The number of ether oxygens (including phenoxy) is 4. The van der Waals surface area contributed by atoms with Crippen molar-refractivity contribution in [3.63, 3.8) is 0 Å². The summed E-state index contributed by atoms with van der Waals surface area (Å²) < 4.78 is 22.7. The summed E-state index contributed by atoms with van der Waals surface area (Å²) in [5.41, 5.74) is -3.43. The van der Waals surface area contributed by atoms with Gasteiger partial charge in [0, 0.05) is 23.8 Å². The van der Waals surface area contributed by atoms with E-state index in [0.717, 1.165) is 7.11 Å². The molecule has 0 aromatic heterocycles. The highest BCUT2D eigenvalue weighted by atomic mass is 16.6. The third kappa shape index (κ3) is 3.39. The van der Waals surface area contributed by atoms with Crippen LogP contribution in [-0.2, 0) is 38.1 Å². The molecule has 3 aliphatic carbocycles. The van der Waals surface area contributed by atoms with E-state index in [4.69, 9.17) is 18.9 Å². The zero-order chi connectivity index (χ0) is 28.8. The Morgan fingerprint density at radius 1 is 1.18 bits per heavy atom. The lowest BCUT2D eigenvalue weighted by Crippen LogP contribution is -2.79. The Kier molecular flexibility index (Phi) is 6.32. The van der Waals surface area contributed by atoms with Crippen molar-refractivity contribution in [1.82, 2.24) is 0 Å². The first kappa shape index (κ1) is 27.8. The normalized spacial score (nSPS) is 44.9. The monoisotopic (exact) mass is 548 g/mol. The van der Waals surface area contributed by atoms with Crippen molar-refractivity contribution < 1.29 is 53.4 Å². The topological polar surface area (TPSA) is 166 Å². The summed E-state index contributed by atoms with van der Waals surface area (Å²) in [5.74, 6) is -6.26. The van der Waals surface area contributed by atoms with Gasteiger partial charge in [0.05, 0.1) is 25.7 Å². The minimum atomic E-state index is -2.22. The standard InChI is InChI=1S/C28H36O11/c1-11(2)12(3)7-17(30)39-20-22-27-10-37-28(22,25(35)36-6)23(33)19(32)21(27)26(5)9-15(29)18(31)13(4)14(26)8-16(27)38-24(20)34/h7,11,14,16,19-23,31-33H,8-10H2,1-6H3/b12-7+/t14-,16+,19-,20+,21+,22-,23-,26+,27-,28+/m1/s1. The maximum atomic E-state index is 13.5. The Bertz CT molecular complexity index is 1200. The van der Waals surface area contributed by atoms with Crippen LogP contribution in [0.5, 0.6) is 0 Å². The summed E-state index contributed by atoms with van der Waals surface area (Å²) in [6.45, 7) is 8.72. The number of carbonyl (C=O) groups excluding carboxylic acids is 4. The minimum absolute atomic E-state index is 0.0302. The Labute approximate surface area is 226 Å². The van der Waals surface area contributed by atoms with E-state index in [2.05, 4.69) is 0 Å². The number of ketones is 1.